The van der Waals surface area contributed by atoms with E-state index in [1.807, 2.05) is 0 Å². The maximum Gasteiger partial charge on any atom is 0.326 e. The van der Waals surface area contributed by atoms with Crippen molar-refractivity contribution >= 4 is 5.97 Å². The molecule has 0 aliphatic carbocycles. The predicted octanol–water partition coefficient (Wildman–Crippen LogP) is 1.92. The number of aromatic nitrogens is 1. The first-order valence-corrected chi connectivity index (χ1v) is 5.35. The molecule has 0 saturated heterocycles. The number of H-pyrrole nitrogens is 1. The quantitative estimate of drug-likeness (QED) is 0.602. The molecule has 0 bridgehead atoms. The van der Waals surface area contributed by atoms with Crippen molar-refractivity contribution in [3.8, 4) is 0 Å². The molecule has 0 spiro atoms. The number of hydrogen-bond acceptors (Lipinski definition) is 2. The Hall–Kier alpha value is -1.29. The zero-order valence-corrected chi connectivity index (χ0v) is 8.99. The Morgan fingerprint density at radius 1 is 1.60 bits per heavy atom. The summed E-state index contributed by atoms with van der Waals surface area (Å²) < 4.78 is 0. The normalized spacial score (nSPS) is 12.6. The van der Waals surface area contributed by atoms with Gasteiger partial charge in [0.1, 0.15) is 6.04 Å². The lowest BCUT2D eigenvalue weighted by atomic mass is 10.2. The lowest BCUT2D eigenvalue weighted by Crippen LogP contribution is -2.29. The number of nitrogens with one attached hydrogen (secondary N) is 2. The molecule has 4 nitrogen and oxygen atoms in total. The molecule has 1 heterocycles. The third kappa shape index (κ3) is 3.75. The van der Waals surface area contributed by atoms with Crippen LogP contribution in [0.3, 0.4) is 0 Å². The predicted molar refractivity (Wildman–Crippen MR) is 58.7 cm³/mol. The molecule has 0 saturated carbocycles. The van der Waals surface area contributed by atoms with Crippen LogP contribution in [0.1, 0.15) is 37.9 Å². The van der Waals surface area contributed by atoms with Gasteiger partial charge >= 0.3 is 5.97 Å². The zero-order valence-electron chi connectivity index (χ0n) is 8.99. The third-order valence-electron chi connectivity index (χ3n) is 2.31. The average Bonchev–Trinajstić information content (AvgIpc) is 2.70. The first-order valence-electron chi connectivity index (χ1n) is 5.35. The minimum atomic E-state index is -0.839. The summed E-state index contributed by atoms with van der Waals surface area (Å²) >= 11 is 0. The molecular weight excluding hydrogens is 192 g/mol. The fraction of sp³-hybridized carbons (Fsp3) is 0.545. The second kappa shape index (κ2) is 6.24. The van der Waals surface area contributed by atoms with E-state index in [0.29, 0.717) is 5.69 Å². The topological polar surface area (TPSA) is 65.1 Å². The van der Waals surface area contributed by atoms with Gasteiger partial charge in [-0.2, -0.15) is 0 Å². The number of hydrogen-bond donors (Lipinski definition) is 3. The van der Waals surface area contributed by atoms with Crippen molar-refractivity contribution in [3.63, 3.8) is 0 Å². The minimum absolute atomic E-state index is 0.614. The van der Waals surface area contributed by atoms with Gasteiger partial charge in [-0.25, -0.2) is 0 Å². The van der Waals surface area contributed by atoms with Crippen LogP contribution in [0.25, 0.3) is 0 Å². The lowest BCUT2D eigenvalue weighted by molar-refractivity contribution is -0.139. The maximum absolute atomic E-state index is 11.0. The summed E-state index contributed by atoms with van der Waals surface area (Å²) in [6, 6.07) is 2.97. The van der Waals surface area contributed by atoms with E-state index in [4.69, 9.17) is 5.11 Å². The van der Waals surface area contributed by atoms with E-state index in [0.717, 1.165) is 25.8 Å². The third-order valence-corrected chi connectivity index (χ3v) is 2.31. The molecule has 0 amide bonds. The Morgan fingerprint density at radius 3 is 2.93 bits per heavy atom. The van der Waals surface area contributed by atoms with Crippen molar-refractivity contribution in [1.29, 1.82) is 0 Å². The first kappa shape index (κ1) is 11.8. The molecule has 4 heteroatoms. The van der Waals surface area contributed by atoms with Crippen LogP contribution in [0.4, 0.5) is 0 Å². The molecule has 1 aromatic heterocycles. The largest absolute Gasteiger partial charge is 0.480 e. The van der Waals surface area contributed by atoms with Crippen LogP contribution in [0, 0.1) is 0 Å². The molecule has 3 N–H and O–H groups in total. The highest BCUT2D eigenvalue weighted by molar-refractivity contribution is 5.74. The standard InChI is InChI=1S/C11H18N2O2/c1-2-3-4-7-13-10(11(14)15)9-6-5-8-12-9/h5-6,8,10,12-13H,2-4,7H2,1H3,(H,14,15). The van der Waals surface area contributed by atoms with E-state index in [1.165, 1.54) is 0 Å². The summed E-state index contributed by atoms with van der Waals surface area (Å²) in [6.45, 7) is 2.86. The smallest absolute Gasteiger partial charge is 0.326 e. The van der Waals surface area contributed by atoms with Crippen LogP contribution >= 0.6 is 0 Å². The average molecular weight is 210 g/mol. The van der Waals surface area contributed by atoms with Gasteiger partial charge in [-0.3, -0.25) is 10.1 Å². The van der Waals surface area contributed by atoms with Gasteiger partial charge in [-0.05, 0) is 25.1 Å². The highest BCUT2D eigenvalue weighted by Gasteiger charge is 2.18. The van der Waals surface area contributed by atoms with Crippen molar-refractivity contribution in [1.82, 2.24) is 10.3 Å². The Bertz CT molecular complexity index is 283. The first-order chi connectivity index (χ1) is 7.25. The van der Waals surface area contributed by atoms with Gasteiger partial charge in [0, 0.05) is 11.9 Å². The van der Waals surface area contributed by atoms with Crippen molar-refractivity contribution < 1.29 is 9.90 Å². The molecule has 1 atom stereocenters. The highest BCUT2D eigenvalue weighted by Crippen LogP contribution is 2.10. The van der Waals surface area contributed by atoms with Crippen LogP contribution in [-0.2, 0) is 4.79 Å². The number of aliphatic carboxylic acids is 1. The van der Waals surface area contributed by atoms with E-state index in [9.17, 15) is 4.79 Å². The molecule has 15 heavy (non-hydrogen) atoms. The fourth-order valence-corrected chi connectivity index (χ4v) is 1.48. The zero-order chi connectivity index (χ0) is 11.1. The number of carboxylic acid groups (broad SMARTS) is 1. The highest BCUT2D eigenvalue weighted by atomic mass is 16.4. The summed E-state index contributed by atoms with van der Waals surface area (Å²) in [5.74, 6) is -0.839. The van der Waals surface area contributed by atoms with E-state index < -0.39 is 12.0 Å². The molecule has 1 rings (SSSR count). The molecule has 0 fully saturated rings. The second-order valence-electron chi connectivity index (χ2n) is 3.56. The van der Waals surface area contributed by atoms with Crippen molar-refractivity contribution in [3.05, 3.63) is 24.0 Å². The monoisotopic (exact) mass is 210 g/mol. The molecule has 0 radical (unpaired) electrons. The molecule has 84 valence electrons. The number of aromatic amines is 1. The molecule has 0 aromatic carbocycles. The number of carbonyl (C=O) groups is 1. The molecular formula is C11H18N2O2. The van der Waals surface area contributed by atoms with Gasteiger partial charge in [0.25, 0.3) is 0 Å². The van der Waals surface area contributed by atoms with Crippen LogP contribution in [0.5, 0.6) is 0 Å². The fourth-order valence-electron chi connectivity index (χ4n) is 1.48. The van der Waals surface area contributed by atoms with E-state index in [-0.39, 0.29) is 0 Å². The van der Waals surface area contributed by atoms with Crippen molar-refractivity contribution in [2.24, 2.45) is 0 Å². The molecule has 0 aliphatic heterocycles. The van der Waals surface area contributed by atoms with Crippen LogP contribution in [0.15, 0.2) is 18.3 Å². The van der Waals surface area contributed by atoms with Gasteiger partial charge < -0.3 is 10.1 Å². The number of rotatable bonds is 7. The summed E-state index contributed by atoms with van der Waals surface area (Å²) in [6.07, 6.45) is 5.02. The van der Waals surface area contributed by atoms with Gasteiger partial charge in [-0.15, -0.1) is 0 Å². The van der Waals surface area contributed by atoms with E-state index in [1.54, 1.807) is 18.3 Å². The Morgan fingerprint density at radius 2 is 2.40 bits per heavy atom. The van der Waals surface area contributed by atoms with Crippen molar-refractivity contribution in [2.45, 2.75) is 32.2 Å². The number of unbranched alkanes of at least 4 members (excludes halogenated alkanes) is 2. The Kier molecular flexibility index (Phi) is 4.90. The van der Waals surface area contributed by atoms with Crippen LogP contribution < -0.4 is 5.32 Å². The summed E-state index contributed by atoms with van der Waals surface area (Å²) in [4.78, 5) is 13.9. The Labute approximate surface area is 89.7 Å². The van der Waals surface area contributed by atoms with E-state index in [2.05, 4.69) is 17.2 Å². The molecule has 1 aromatic rings. The second-order valence-corrected chi connectivity index (χ2v) is 3.56. The lowest BCUT2D eigenvalue weighted by Gasteiger charge is -2.12. The SMILES string of the molecule is CCCCCNC(C(=O)O)c1ccc[nH]1. The van der Waals surface area contributed by atoms with Gasteiger partial charge in [0.2, 0.25) is 0 Å². The van der Waals surface area contributed by atoms with Crippen molar-refractivity contribution in [2.75, 3.05) is 6.54 Å². The summed E-state index contributed by atoms with van der Waals surface area (Å²) in [7, 11) is 0. The maximum atomic E-state index is 11.0. The van der Waals surface area contributed by atoms with Crippen LogP contribution in [0.2, 0.25) is 0 Å². The number of carboxylic acids is 1. The minimum Gasteiger partial charge on any atom is -0.480 e. The van der Waals surface area contributed by atoms with Gasteiger partial charge in [0.05, 0.1) is 0 Å². The Balaban J connectivity index is 2.42. The van der Waals surface area contributed by atoms with Gasteiger partial charge in [0.15, 0.2) is 0 Å². The summed E-state index contributed by atoms with van der Waals surface area (Å²) in [5.41, 5.74) is 0.707. The summed E-state index contributed by atoms with van der Waals surface area (Å²) in [5, 5.41) is 12.0. The molecule has 0 aliphatic rings. The van der Waals surface area contributed by atoms with E-state index >= 15 is 0 Å². The van der Waals surface area contributed by atoms with Gasteiger partial charge in [-0.1, -0.05) is 19.8 Å². The van der Waals surface area contributed by atoms with Crippen LogP contribution in [-0.4, -0.2) is 22.6 Å². The molecule has 1 unspecified atom stereocenters.